The number of aliphatic hydroxyl groups is 1. The van der Waals surface area contributed by atoms with E-state index in [1.54, 1.807) is 0 Å². The van der Waals surface area contributed by atoms with Gasteiger partial charge in [0.2, 0.25) is 0 Å². The molecule has 0 unspecified atom stereocenters. The Labute approximate surface area is 156 Å². The van der Waals surface area contributed by atoms with Gasteiger partial charge in [0.1, 0.15) is 17.0 Å². The van der Waals surface area contributed by atoms with Crippen LogP contribution in [0.2, 0.25) is 0 Å². The van der Waals surface area contributed by atoms with Crippen molar-refractivity contribution in [1.29, 1.82) is 0 Å². The highest BCUT2D eigenvalue weighted by Crippen LogP contribution is 2.36. The Morgan fingerprint density at radius 2 is 1.79 bits per heavy atom. The predicted octanol–water partition coefficient (Wildman–Crippen LogP) is 3.73. The van der Waals surface area contributed by atoms with Crippen LogP contribution in [0.5, 0.6) is 0 Å². The SMILES string of the molecule is C[C@](O)(CNc1ccc(F)cc1)C(=O)Cc1ccc([N+](=O)[O-])c(C(F)(F)F)c1. The molecule has 0 saturated carbocycles. The molecule has 0 aliphatic rings. The lowest BCUT2D eigenvalue weighted by molar-refractivity contribution is -0.388. The smallest absolute Gasteiger partial charge is 0.382 e. The minimum Gasteiger partial charge on any atom is -0.382 e. The molecule has 0 amide bonds. The Bertz CT molecular complexity index is 880. The first-order valence-electron chi connectivity index (χ1n) is 8.00. The van der Waals surface area contributed by atoms with Crippen LogP contribution in [-0.2, 0) is 17.4 Å². The standard InChI is InChI=1S/C18H16F4N2O4/c1-17(26,10-23-13-5-3-12(19)4-6-13)16(25)9-11-2-7-15(24(27)28)14(8-11)18(20,21)22/h2-8,23,26H,9-10H2,1H3/t17-/m0/s1. The topological polar surface area (TPSA) is 92.5 Å². The molecular formula is C18H16F4N2O4. The van der Waals surface area contributed by atoms with Gasteiger partial charge in [0.05, 0.1) is 11.5 Å². The molecule has 150 valence electrons. The number of halogens is 4. The van der Waals surface area contributed by atoms with Crippen LogP contribution in [0, 0.1) is 15.9 Å². The first kappa shape index (κ1) is 21.3. The maximum absolute atomic E-state index is 13.0. The largest absolute Gasteiger partial charge is 0.423 e. The lowest BCUT2D eigenvalue weighted by Crippen LogP contribution is -2.43. The number of anilines is 1. The van der Waals surface area contributed by atoms with Crippen molar-refractivity contribution in [3.63, 3.8) is 0 Å². The Morgan fingerprint density at radius 3 is 2.32 bits per heavy atom. The summed E-state index contributed by atoms with van der Waals surface area (Å²) >= 11 is 0. The van der Waals surface area contributed by atoms with E-state index in [1.165, 1.54) is 31.2 Å². The second-order valence-corrected chi connectivity index (χ2v) is 6.34. The number of hydrogen-bond donors (Lipinski definition) is 2. The highest BCUT2D eigenvalue weighted by molar-refractivity contribution is 5.89. The normalized spacial score (nSPS) is 13.6. The number of nitro groups is 1. The molecule has 0 bridgehead atoms. The molecule has 0 aromatic heterocycles. The zero-order valence-electron chi connectivity index (χ0n) is 14.6. The number of benzene rings is 2. The van der Waals surface area contributed by atoms with Gasteiger partial charge >= 0.3 is 6.18 Å². The highest BCUT2D eigenvalue weighted by Gasteiger charge is 2.39. The molecule has 2 aromatic rings. The summed E-state index contributed by atoms with van der Waals surface area (Å²) < 4.78 is 51.9. The lowest BCUT2D eigenvalue weighted by atomic mass is 9.94. The molecular weight excluding hydrogens is 384 g/mol. The Balaban J connectivity index is 2.14. The summed E-state index contributed by atoms with van der Waals surface area (Å²) in [5.41, 5.74) is -4.20. The van der Waals surface area contributed by atoms with E-state index in [0.717, 1.165) is 6.07 Å². The monoisotopic (exact) mass is 400 g/mol. The molecule has 2 aromatic carbocycles. The highest BCUT2D eigenvalue weighted by atomic mass is 19.4. The van der Waals surface area contributed by atoms with E-state index in [1.807, 2.05) is 0 Å². The van der Waals surface area contributed by atoms with Crippen LogP contribution in [0.4, 0.5) is 28.9 Å². The summed E-state index contributed by atoms with van der Waals surface area (Å²) in [5.74, 6) is -1.25. The minimum atomic E-state index is -4.96. The molecule has 0 spiro atoms. The van der Waals surface area contributed by atoms with Gasteiger partial charge in [-0.1, -0.05) is 6.07 Å². The van der Waals surface area contributed by atoms with Gasteiger partial charge in [-0.3, -0.25) is 14.9 Å². The molecule has 0 heterocycles. The third kappa shape index (κ3) is 5.26. The molecule has 0 aliphatic carbocycles. The van der Waals surface area contributed by atoms with Crippen LogP contribution >= 0.6 is 0 Å². The first-order valence-corrected chi connectivity index (χ1v) is 8.00. The van der Waals surface area contributed by atoms with Gasteiger partial charge in [-0.25, -0.2) is 4.39 Å². The summed E-state index contributed by atoms with van der Waals surface area (Å²) in [6.07, 6.45) is -5.52. The molecule has 0 fully saturated rings. The van der Waals surface area contributed by atoms with E-state index >= 15 is 0 Å². The van der Waals surface area contributed by atoms with Gasteiger partial charge in [0.15, 0.2) is 5.78 Å². The molecule has 0 radical (unpaired) electrons. The van der Waals surface area contributed by atoms with E-state index in [0.29, 0.717) is 17.8 Å². The maximum atomic E-state index is 13.0. The second kappa shape index (κ2) is 7.93. The van der Waals surface area contributed by atoms with Gasteiger partial charge in [-0.15, -0.1) is 0 Å². The number of carbonyl (C=O) groups is 1. The number of alkyl halides is 3. The van der Waals surface area contributed by atoms with Crippen LogP contribution in [0.1, 0.15) is 18.1 Å². The van der Waals surface area contributed by atoms with Gasteiger partial charge in [0, 0.05) is 18.2 Å². The predicted molar refractivity (Wildman–Crippen MR) is 92.3 cm³/mol. The van der Waals surface area contributed by atoms with E-state index < -0.39 is 46.0 Å². The average Bonchev–Trinajstić information content (AvgIpc) is 2.60. The van der Waals surface area contributed by atoms with Gasteiger partial charge in [-0.2, -0.15) is 13.2 Å². The molecule has 28 heavy (non-hydrogen) atoms. The summed E-state index contributed by atoms with van der Waals surface area (Å²) in [5, 5.41) is 23.8. The van der Waals surface area contributed by atoms with E-state index in [9.17, 15) is 37.6 Å². The van der Waals surface area contributed by atoms with Crippen LogP contribution < -0.4 is 5.32 Å². The fourth-order valence-electron chi connectivity index (χ4n) is 2.40. The number of carbonyl (C=O) groups excluding carboxylic acids is 1. The Kier molecular flexibility index (Phi) is 6.03. The van der Waals surface area contributed by atoms with Crippen LogP contribution in [0.25, 0.3) is 0 Å². The quantitative estimate of drug-likeness (QED) is 0.420. The summed E-state index contributed by atoms with van der Waals surface area (Å²) in [7, 11) is 0. The Hall–Kier alpha value is -3.01. The molecule has 1 atom stereocenters. The minimum absolute atomic E-state index is 0.120. The molecule has 0 aliphatic heterocycles. The van der Waals surface area contributed by atoms with Crippen molar-refractivity contribution in [2.45, 2.75) is 25.1 Å². The number of rotatable bonds is 7. The summed E-state index contributed by atoms with van der Waals surface area (Å²) in [6, 6.07) is 7.37. The summed E-state index contributed by atoms with van der Waals surface area (Å²) in [6.45, 7) is 0.915. The zero-order valence-corrected chi connectivity index (χ0v) is 14.6. The van der Waals surface area contributed by atoms with Crippen molar-refractivity contribution in [3.8, 4) is 0 Å². The number of nitro benzene ring substituents is 1. The van der Waals surface area contributed by atoms with E-state index in [-0.39, 0.29) is 12.1 Å². The third-order valence-corrected chi connectivity index (χ3v) is 4.01. The first-order chi connectivity index (χ1) is 12.9. The zero-order chi connectivity index (χ0) is 21.1. The van der Waals surface area contributed by atoms with Crippen LogP contribution in [0.15, 0.2) is 42.5 Å². The van der Waals surface area contributed by atoms with Crippen molar-refractivity contribution >= 4 is 17.2 Å². The lowest BCUT2D eigenvalue weighted by Gasteiger charge is -2.23. The Morgan fingerprint density at radius 1 is 1.18 bits per heavy atom. The third-order valence-electron chi connectivity index (χ3n) is 4.01. The number of hydrogen-bond acceptors (Lipinski definition) is 5. The molecule has 6 nitrogen and oxygen atoms in total. The molecule has 0 saturated heterocycles. The number of ketones is 1. The van der Waals surface area contributed by atoms with E-state index in [4.69, 9.17) is 0 Å². The molecule has 10 heteroatoms. The molecule has 2 rings (SSSR count). The van der Waals surface area contributed by atoms with E-state index in [2.05, 4.69) is 5.32 Å². The fraction of sp³-hybridized carbons (Fsp3) is 0.278. The van der Waals surface area contributed by atoms with Crippen molar-refractivity contribution in [2.75, 3.05) is 11.9 Å². The van der Waals surface area contributed by atoms with Gasteiger partial charge < -0.3 is 10.4 Å². The van der Waals surface area contributed by atoms with Crippen molar-refractivity contribution in [1.82, 2.24) is 0 Å². The fourth-order valence-corrected chi connectivity index (χ4v) is 2.40. The second-order valence-electron chi connectivity index (χ2n) is 6.34. The maximum Gasteiger partial charge on any atom is 0.423 e. The van der Waals surface area contributed by atoms with Gasteiger partial charge in [-0.05, 0) is 42.8 Å². The van der Waals surface area contributed by atoms with Gasteiger partial charge in [0.25, 0.3) is 5.69 Å². The van der Waals surface area contributed by atoms with Crippen molar-refractivity contribution in [2.24, 2.45) is 0 Å². The number of nitrogens with one attached hydrogen (secondary N) is 1. The van der Waals surface area contributed by atoms with Crippen molar-refractivity contribution < 1.29 is 32.4 Å². The summed E-state index contributed by atoms with van der Waals surface area (Å²) in [4.78, 5) is 21.9. The van der Waals surface area contributed by atoms with Crippen LogP contribution in [0.3, 0.4) is 0 Å². The number of Topliss-reactive ketones (excluding diaryl/α,β-unsaturated/α-hetero) is 1. The number of nitrogens with zero attached hydrogens (tertiary/aromatic N) is 1. The van der Waals surface area contributed by atoms with Crippen LogP contribution in [-0.4, -0.2) is 28.0 Å². The van der Waals surface area contributed by atoms with Crippen molar-refractivity contribution in [3.05, 3.63) is 69.5 Å². The average molecular weight is 400 g/mol. The molecule has 2 N–H and O–H groups in total.